The highest BCUT2D eigenvalue weighted by atomic mass is 127. The number of hydrogen-bond donors (Lipinski definition) is 2. The van der Waals surface area contributed by atoms with E-state index in [4.69, 9.17) is 0 Å². The third-order valence-electron chi connectivity index (χ3n) is 5.05. The fourth-order valence-corrected chi connectivity index (χ4v) is 3.72. The van der Waals surface area contributed by atoms with E-state index in [1.54, 1.807) is 0 Å². The average molecular weight is 420 g/mol. The molecule has 3 fully saturated rings. The monoisotopic (exact) mass is 420 g/mol. The van der Waals surface area contributed by atoms with Crippen molar-refractivity contribution in [2.45, 2.75) is 57.9 Å². The Bertz CT molecular complexity index is 416. The van der Waals surface area contributed by atoms with Crippen LogP contribution in [0.15, 0.2) is 4.99 Å². The highest BCUT2D eigenvalue weighted by Crippen LogP contribution is 2.45. The summed E-state index contributed by atoms with van der Waals surface area (Å²) in [7, 11) is 0. The molecule has 2 N–H and O–H groups in total. The summed E-state index contributed by atoms with van der Waals surface area (Å²) in [6, 6.07) is 0.420. The van der Waals surface area contributed by atoms with Gasteiger partial charge in [-0.2, -0.15) is 0 Å². The molecular formula is C16H29IN4O. The normalized spacial score (nSPS) is 23.5. The summed E-state index contributed by atoms with van der Waals surface area (Å²) in [4.78, 5) is 18.7. The maximum Gasteiger partial charge on any atom is 0.242 e. The van der Waals surface area contributed by atoms with Gasteiger partial charge in [0.1, 0.15) is 6.54 Å². The molecule has 0 aromatic carbocycles. The van der Waals surface area contributed by atoms with Crippen molar-refractivity contribution in [1.29, 1.82) is 0 Å². The highest BCUT2D eigenvalue weighted by molar-refractivity contribution is 14.0. The molecule has 0 bridgehead atoms. The number of amides is 1. The molecular weight excluding hydrogens is 391 g/mol. The first-order chi connectivity index (χ1) is 10.2. The molecule has 1 heterocycles. The number of hydrogen-bond acceptors (Lipinski definition) is 2. The van der Waals surface area contributed by atoms with E-state index in [0.717, 1.165) is 38.4 Å². The molecule has 3 rings (SSSR count). The molecule has 1 aliphatic heterocycles. The van der Waals surface area contributed by atoms with Gasteiger partial charge in [0.15, 0.2) is 5.96 Å². The Morgan fingerprint density at radius 2 is 2.00 bits per heavy atom. The van der Waals surface area contributed by atoms with Crippen LogP contribution in [0.5, 0.6) is 0 Å². The first kappa shape index (κ1) is 17.8. The first-order valence-electron chi connectivity index (χ1n) is 8.53. The summed E-state index contributed by atoms with van der Waals surface area (Å²) in [5.74, 6) is 0.981. The SMILES string of the molecule is CCNC(=NCC(=O)NC1CC1)N1CCC2(CCCC2)C1.I. The third-order valence-corrected chi connectivity index (χ3v) is 5.05. The Morgan fingerprint density at radius 3 is 2.64 bits per heavy atom. The molecule has 0 unspecified atom stereocenters. The Kier molecular flexibility index (Phi) is 6.35. The summed E-state index contributed by atoms with van der Waals surface area (Å²) < 4.78 is 0. The summed E-state index contributed by atoms with van der Waals surface area (Å²) in [5.41, 5.74) is 0.534. The van der Waals surface area contributed by atoms with Crippen molar-refractivity contribution in [3.05, 3.63) is 0 Å². The van der Waals surface area contributed by atoms with Crippen LogP contribution in [-0.4, -0.2) is 49.0 Å². The second-order valence-electron chi connectivity index (χ2n) is 6.89. The zero-order valence-corrected chi connectivity index (χ0v) is 15.9. The third kappa shape index (κ3) is 4.49. The zero-order chi connectivity index (χ0) is 14.7. The topological polar surface area (TPSA) is 56.7 Å². The highest BCUT2D eigenvalue weighted by Gasteiger charge is 2.41. The van der Waals surface area contributed by atoms with Crippen LogP contribution in [0.3, 0.4) is 0 Å². The summed E-state index contributed by atoms with van der Waals surface area (Å²) in [5, 5.41) is 6.35. The summed E-state index contributed by atoms with van der Waals surface area (Å²) in [6.07, 6.45) is 9.03. The van der Waals surface area contributed by atoms with E-state index in [9.17, 15) is 4.79 Å². The van der Waals surface area contributed by atoms with Gasteiger partial charge in [-0.1, -0.05) is 12.8 Å². The minimum atomic E-state index is 0. The van der Waals surface area contributed by atoms with E-state index >= 15 is 0 Å². The van der Waals surface area contributed by atoms with E-state index in [0.29, 0.717) is 11.5 Å². The molecule has 6 heteroatoms. The lowest BCUT2D eigenvalue weighted by Gasteiger charge is -2.25. The van der Waals surface area contributed by atoms with E-state index < -0.39 is 0 Å². The number of carbonyl (C=O) groups excluding carboxylic acids is 1. The minimum absolute atomic E-state index is 0. The maximum absolute atomic E-state index is 11.8. The van der Waals surface area contributed by atoms with Gasteiger partial charge in [-0.15, -0.1) is 24.0 Å². The van der Waals surface area contributed by atoms with Gasteiger partial charge in [0.05, 0.1) is 0 Å². The Balaban J connectivity index is 0.00000176. The van der Waals surface area contributed by atoms with Gasteiger partial charge in [-0.3, -0.25) is 4.79 Å². The lowest BCUT2D eigenvalue weighted by molar-refractivity contribution is -0.119. The number of nitrogens with one attached hydrogen (secondary N) is 2. The van der Waals surface area contributed by atoms with Crippen molar-refractivity contribution in [2.75, 3.05) is 26.2 Å². The summed E-state index contributed by atoms with van der Waals surface area (Å²) in [6.45, 7) is 5.38. The van der Waals surface area contributed by atoms with Crippen molar-refractivity contribution < 1.29 is 4.79 Å². The zero-order valence-electron chi connectivity index (χ0n) is 13.6. The lowest BCUT2D eigenvalue weighted by atomic mass is 9.86. The average Bonchev–Trinajstić information content (AvgIpc) is 3.02. The molecule has 22 heavy (non-hydrogen) atoms. The second-order valence-corrected chi connectivity index (χ2v) is 6.89. The molecule has 0 aromatic heterocycles. The van der Waals surface area contributed by atoms with Gasteiger partial charge in [-0.25, -0.2) is 4.99 Å². The van der Waals surface area contributed by atoms with E-state index in [2.05, 4.69) is 27.4 Å². The molecule has 2 saturated carbocycles. The molecule has 0 atom stereocenters. The molecule has 1 saturated heterocycles. The van der Waals surface area contributed by atoms with E-state index in [1.165, 1.54) is 32.1 Å². The molecule has 126 valence electrons. The van der Waals surface area contributed by atoms with Crippen molar-refractivity contribution >= 4 is 35.8 Å². The summed E-state index contributed by atoms with van der Waals surface area (Å²) >= 11 is 0. The molecule has 1 spiro atoms. The van der Waals surface area contributed by atoms with Crippen LogP contribution in [0, 0.1) is 5.41 Å². The molecule has 1 amide bonds. The Morgan fingerprint density at radius 1 is 1.27 bits per heavy atom. The number of carbonyl (C=O) groups is 1. The van der Waals surface area contributed by atoms with Crippen molar-refractivity contribution in [1.82, 2.24) is 15.5 Å². The Labute approximate surface area is 150 Å². The second kappa shape index (κ2) is 7.84. The molecule has 5 nitrogen and oxygen atoms in total. The minimum Gasteiger partial charge on any atom is -0.357 e. The number of halogens is 1. The molecule has 3 aliphatic rings. The number of nitrogens with zero attached hydrogens (tertiary/aromatic N) is 2. The van der Waals surface area contributed by atoms with Crippen LogP contribution in [-0.2, 0) is 4.79 Å². The fraction of sp³-hybridized carbons (Fsp3) is 0.875. The Hall–Kier alpha value is -0.530. The van der Waals surface area contributed by atoms with Gasteiger partial charge >= 0.3 is 0 Å². The van der Waals surface area contributed by atoms with E-state index in [1.807, 2.05) is 0 Å². The fourth-order valence-electron chi connectivity index (χ4n) is 3.72. The van der Waals surface area contributed by atoms with Gasteiger partial charge in [0.2, 0.25) is 5.91 Å². The van der Waals surface area contributed by atoms with Crippen LogP contribution in [0.25, 0.3) is 0 Å². The number of likely N-dealkylation sites (tertiary alicyclic amines) is 1. The molecule has 2 aliphatic carbocycles. The maximum atomic E-state index is 11.8. The molecule has 0 aromatic rings. The van der Waals surface area contributed by atoms with Crippen LogP contribution in [0.2, 0.25) is 0 Å². The number of aliphatic imine (C=N–C) groups is 1. The lowest BCUT2D eigenvalue weighted by Crippen LogP contribution is -2.42. The van der Waals surface area contributed by atoms with Crippen LogP contribution < -0.4 is 10.6 Å². The van der Waals surface area contributed by atoms with Gasteiger partial charge < -0.3 is 15.5 Å². The van der Waals surface area contributed by atoms with Crippen LogP contribution in [0.1, 0.15) is 51.9 Å². The van der Waals surface area contributed by atoms with Crippen LogP contribution >= 0.6 is 24.0 Å². The van der Waals surface area contributed by atoms with Gasteiger partial charge in [0, 0.05) is 25.7 Å². The number of rotatable bonds is 4. The van der Waals surface area contributed by atoms with Crippen molar-refractivity contribution in [3.8, 4) is 0 Å². The first-order valence-corrected chi connectivity index (χ1v) is 8.53. The van der Waals surface area contributed by atoms with Gasteiger partial charge in [0.25, 0.3) is 0 Å². The largest absolute Gasteiger partial charge is 0.357 e. The van der Waals surface area contributed by atoms with Crippen molar-refractivity contribution in [2.24, 2.45) is 10.4 Å². The number of guanidine groups is 1. The van der Waals surface area contributed by atoms with Crippen molar-refractivity contribution in [3.63, 3.8) is 0 Å². The smallest absolute Gasteiger partial charge is 0.242 e. The quantitative estimate of drug-likeness (QED) is 0.416. The molecule has 0 radical (unpaired) electrons. The van der Waals surface area contributed by atoms with Gasteiger partial charge in [-0.05, 0) is 44.4 Å². The van der Waals surface area contributed by atoms with E-state index in [-0.39, 0.29) is 36.4 Å². The standard InChI is InChI=1S/C16H28N4O.HI/c1-2-17-15(18-11-14(21)19-13-5-6-13)20-10-9-16(12-20)7-3-4-8-16;/h13H,2-12H2,1H3,(H,17,18)(H,19,21);1H. The van der Waals surface area contributed by atoms with Crippen LogP contribution in [0.4, 0.5) is 0 Å². The predicted octanol–water partition coefficient (Wildman–Crippen LogP) is 2.11. The predicted molar refractivity (Wildman–Crippen MR) is 99.6 cm³/mol.